The minimum atomic E-state index is 0.347. The first kappa shape index (κ1) is 13.6. The molecule has 0 heterocycles. The lowest BCUT2D eigenvalue weighted by Gasteiger charge is -2.15. The Hall–Kier alpha value is -1.80. The van der Waals surface area contributed by atoms with E-state index in [-0.39, 0.29) is 0 Å². The number of hydrogen-bond donors (Lipinski definition) is 1. The Morgan fingerprint density at radius 2 is 1.68 bits per heavy atom. The van der Waals surface area contributed by atoms with Gasteiger partial charge in [0, 0.05) is 12.6 Å². The predicted octanol–water partition coefficient (Wildman–Crippen LogP) is 3.72. The van der Waals surface area contributed by atoms with E-state index in [1.165, 1.54) is 11.1 Å². The molecule has 2 heteroatoms. The van der Waals surface area contributed by atoms with Crippen molar-refractivity contribution in [1.82, 2.24) is 5.32 Å². The molecule has 0 aliphatic carbocycles. The molecule has 0 aliphatic rings. The first-order chi connectivity index (χ1) is 9.25. The normalized spacial score (nSPS) is 12.1. The summed E-state index contributed by atoms with van der Waals surface area (Å²) in [6, 6.07) is 18.9. The van der Waals surface area contributed by atoms with Crippen LogP contribution in [0, 0.1) is 6.92 Å². The van der Waals surface area contributed by atoms with Gasteiger partial charge < -0.3 is 10.1 Å². The first-order valence-corrected chi connectivity index (χ1v) is 6.73. The average molecular weight is 255 g/mol. The molecule has 2 nitrogen and oxygen atoms in total. The highest BCUT2D eigenvalue weighted by Gasteiger charge is 2.03. The Morgan fingerprint density at radius 3 is 2.37 bits per heavy atom. The topological polar surface area (TPSA) is 21.3 Å². The molecule has 2 aromatic carbocycles. The second-order valence-electron chi connectivity index (χ2n) is 4.75. The lowest BCUT2D eigenvalue weighted by atomic mass is 10.1. The van der Waals surface area contributed by atoms with Gasteiger partial charge in [-0.2, -0.15) is 0 Å². The monoisotopic (exact) mass is 255 g/mol. The van der Waals surface area contributed by atoms with E-state index in [1.807, 2.05) is 30.3 Å². The lowest BCUT2D eigenvalue weighted by molar-refractivity contribution is 0.307. The van der Waals surface area contributed by atoms with Crippen LogP contribution in [0.25, 0.3) is 0 Å². The number of benzene rings is 2. The van der Waals surface area contributed by atoms with E-state index < -0.39 is 0 Å². The van der Waals surface area contributed by atoms with Gasteiger partial charge in [0.05, 0.1) is 0 Å². The second-order valence-corrected chi connectivity index (χ2v) is 4.75. The molecule has 19 heavy (non-hydrogen) atoms. The number of hydrogen-bond acceptors (Lipinski definition) is 2. The van der Waals surface area contributed by atoms with Crippen molar-refractivity contribution in [2.45, 2.75) is 19.9 Å². The number of aryl methyl sites for hydroxylation is 1. The zero-order chi connectivity index (χ0) is 13.5. The van der Waals surface area contributed by atoms with E-state index in [9.17, 15) is 0 Å². The summed E-state index contributed by atoms with van der Waals surface area (Å²) in [5.41, 5.74) is 2.61. The van der Waals surface area contributed by atoms with Gasteiger partial charge in [0.2, 0.25) is 0 Å². The van der Waals surface area contributed by atoms with Crippen molar-refractivity contribution in [2.75, 3.05) is 13.2 Å². The Morgan fingerprint density at radius 1 is 1.00 bits per heavy atom. The van der Waals surface area contributed by atoms with Crippen molar-refractivity contribution < 1.29 is 4.74 Å². The van der Waals surface area contributed by atoms with E-state index in [1.54, 1.807) is 0 Å². The lowest BCUT2D eigenvalue weighted by Crippen LogP contribution is -2.24. The quantitative estimate of drug-likeness (QED) is 0.794. The third kappa shape index (κ3) is 4.42. The van der Waals surface area contributed by atoms with Gasteiger partial charge in [-0.3, -0.25) is 0 Å². The molecule has 0 fully saturated rings. The van der Waals surface area contributed by atoms with E-state index in [0.29, 0.717) is 12.6 Å². The van der Waals surface area contributed by atoms with Gasteiger partial charge in [-0.15, -0.1) is 0 Å². The molecular formula is C17H21NO. The summed E-state index contributed by atoms with van der Waals surface area (Å²) in [7, 11) is 0. The van der Waals surface area contributed by atoms with Crippen molar-refractivity contribution in [3.63, 3.8) is 0 Å². The molecule has 1 N–H and O–H groups in total. The summed E-state index contributed by atoms with van der Waals surface area (Å²) in [6.07, 6.45) is 0. The minimum absolute atomic E-state index is 0.347. The first-order valence-electron chi connectivity index (χ1n) is 6.73. The van der Waals surface area contributed by atoms with Gasteiger partial charge in [-0.25, -0.2) is 0 Å². The van der Waals surface area contributed by atoms with Crippen LogP contribution >= 0.6 is 0 Å². The zero-order valence-electron chi connectivity index (χ0n) is 11.6. The molecule has 2 rings (SSSR count). The van der Waals surface area contributed by atoms with Crippen molar-refractivity contribution in [2.24, 2.45) is 0 Å². The minimum Gasteiger partial charge on any atom is -0.492 e. The Bertz CT molecular complexity index is 478. The summed E-state index contributed by atoms with van der Waals surface area (Å²) in [5.74, 6) is 0.923. The molecule has 1 unspecified atom stereocenters. The molecule has 0 saturated heterocycles. The smallest absolute Gasteiger partial charge is 0.119 e. The molecule has 0 spiro atoms. The molecule has 0 aromatic heterocycles. The van der Waals surface area contributed by atoms with Crippen molar-refractivity contribution in [3.05, 3.63) is 65.7 Å². The van der Waals surface area contributed by atoms with E-state index in [4.69, 9.17) is 4.74 Å². The fourth-order valence-electron chi connectivity index (χ4n) is 1.93. The third-order valence-electron chi connectivity index (χ3n) is 3.14. The van der Waals surface area contributed by atoms with Gasteiger partial charge in [0.15, 0.2) is 0 Å². The summed E-state index contributed by atoms with van der Waals surface area (Å²) in [5, 5.41) is 3.46. The fraction of sp³-hybridized carbons (Fsp3) is 0.294. The largest absolute Gasteiger partial charge is 0.492 e. The molecule has 100 valence electrons. The molecule has 0 aliphatic heterocycles. The van der Waals surface area contributed by atoms with E-state index in [0.717, 1.165) is 12.3 Å². The van der Waals surface area contributed by atoms with E-state index >= 15 is 0 Å². The van der Waals surface area contributed by atoms with Crippen LogP contribution in [-0.4, -0.2) is 13.2 Å². The van der Waals surface area contributed by atoms with Gasteiger partial charge in [-0.05, 0) is 31.5 Å². The van der Waals surface area contributed by atoms with Crippen LogP contribution in [0.4, 0.5) is 0 Å². The molecule has 1 atom stereocenters. The number of rotatable bonds is 6. The Labute approximate surface area is 115 Å². The van der Waals surface area contributed by atoms with Crippen molar-refractivity contribution in [3.8, 4) is 5.75 Å². The van der Waals surface area contributed by atoms with Crippen LogP contribution in [0.3, 0.4) is 0 Å². The molecule has 0 bridgehead atoms. The van der Waals surface area contributed by atoms with Crippen LogP contribution in [0.15, 0.2) is 54.6 Å². The summed E-state index contributed by atoms with van der Waals surface area (Å²) >= 11 is 0. The maximum absolute atomic E-state index is 5.65. The molecule has 0 amide bonds. The van der Waals surface area contributed by atoms with Crippen LogP contribution < -0.4 is 10.1 Å². The number of nitrogens with one attached hydrogen (secondary N) is 1. The van der Waals surface area contributed by atoms with Crippen LogP contribution in [0.1, 0.15) is 24.1 Å². The summed E-state index contributed by atoms with van der Waals surface area (Å²) in [6.45, 7) is 5.80. The van der Waals surface area contributed by atoms with Crippen LogP contribution in [0.2, 0.25) is 0 Å². The molecular weight excluding hydrogens is 234 g/mol. The highest BCUT2D eigenvalue weighted by atomic mass is 16.5. The maximum atomic E-state index is 5.65. The summed E-state index contributed by atoms with van der Waals surface area (Å²) in [4.78, 5) is 0. The van der Waals surface area contributed by atoms with Gasteiger partial charge in [0.1, 0.15) is 12.4 Å². The highest BCUT2D eigenvalue weighted by molar-refractivity contribution is 5.23. The number of para-hydroxylation sites is 1. The maximum Gasteiger partial charge on any atom is 0.119 e. The summed E-state index contributed by atoms with van der Waals surface area (Å²) < 4.78 is 5.65. The fourth-order valence-corrected chi connectivity index (χ4v) is 1.93. The van der Waals surface area contributed by atoms with Gasteiger partial charge >= 0.3 is 0 Å². The van der Waals surface area contributed by atoms with Crippen molar-refractivity contribution >= 4 is 0 Å². The van der Waals surface area contributed by atoms with Gasteiger partial charge in [-0.1, -0.05) is 48.0 Å². The zero-order valence-corrected chi connectivity index (χ0v) is 11.6. The second kappa shape index (κ2) is 6.95. The van der Waals surface area contributed by atoms with Gasteiger partial charge in [0.25, 0.3) is 0 Å². The molecule has 2 aromatic rings. The Kier molecular flexibility index (Phi) is 4.99. The Balaban J connectivity index is 1.72. The molecule has 0 radical (unpaired) electrons. The average Bonchev–Trinajstić information content (AvgIpc) is 2.45. The molecule has 0 saturated carbocycles. The highest BCUT2D eigenvalue weighted by Crippen LogP contribution is 2.13. The predicted molar refractivity (Wildman–Crippen MR) is 79.5 cm³/mol. The van der Waals surface area contributed by atoms with Crippen LogP contribution in [0.5, 0.6) is 5.75 Å². The third-order valence-corrected chi connectivity index (χ3v) is 3.14. The van der Waals surface area contributed by atoms with Crippen molar-refractivity contribution in [1.29, 1.82) is 0 Å². The standard InChI is InChI=1S/C17H21NO/c1-14-8-10-16(11-9-14)15(2)18-12-13-19-17-6-4-3-5-7-17/h3-11,15,18H,12-13H2,1-2H3. The van der Waals surface area contributed by atoms with E-state index in [2.05, 4.69) is 43.4 Å². The van der Waals surface area contributed by atoms with Crippen LogP contribution in [-0.2, 0) is 0 Å². The SMILES string of the molecule is Cc1ccc(C(C)NCCOc2ccccc2)cc1. The number of ether oxygens (including phenoxy) is 1.